The van der Waals surface area contributed by atoms with E-state index in [4.69, 9.17) is 0 Å². The van der Waals surface area contributed by atoms with Gasteiger partial charge < -0.3 is 5.32 Å². The fraction of sp³-hybridized carbons (Fsp3) is 0.467. The van der Waals surface area contributed by atoms with Crippen LogP contribution in [0, 0.1) is 5.82 Å². The molecule has 1 aromatic rings. The third kappa shape index (κ3) is 3.21. The smallest absolute Gasteiger partial charge is 0.123 e. The summed E-state index contributed by atoms with van der Waals surface area (Å²) in [6, 6.07) is 5.05. The van der Waals surface area contributed by atoms with Gasteiger partial charge in [-0.05, 0) is 56.0 Å². The van der Waals surface area contributed by atoms with E-state index < -0.39 is 0 Å². The fourth-order valence-corrected chi connectivity index (χ4v) is 2.98. The number of hydrogen-bond acceptors (Lipinski definition) is 1. The molecule has 1 N–H and O–H groups in total. The normalized spacial score (nSPS) is 17.4. The Kier molecular flexibility index (Phi) is 4.95. The SMILES string of the molecule is CCNC(C1=CCCCC1)c1cc(F)ccc1Br. The van der Waals surface area contributed by atoms with Crippen molar-refractivity contribution in [2.45, 2.75) is 38.6 Å². The summed E-state index contributed by atoms with van der Waals surface area (Å²) in [5.41, 5.74) is 2.40. The van der Waals surface area contributed by atoms with Crippen LogP contribution in [-0.4, -0.2) is 6.54 Å². The molecule has 0 bridgehead atoms. The van der Waals surface area contributed by atoms with E-state index in [1.54, 1.807) is 12.1 Å². The lowest BCUT2D eigenvalue weighted by molar-refractivity contribution is 0.556. The topological polar surface area (TPSA) is 12.0 Å². The Morgan fingerprint density at radius 2 is 2.22 bits per heavy atom. The lowest BCUT2D eigenvalue weighted by Gasteiger charge is -2.25. The minimum absolute atomic E-state index is 0.139. The minimum Gasteiger partial charge on any atom is -0.307 e. The number of halogens is 2. The molecule has 0 radical (unpaired) electrons. The number of likely N-dealkylation sites (N-methyl/N-ethyl adjacent to an activating group) is 1. The van der Waals surface area contributed by atoms with Crippen LogP contribution in [0.4, 0.5) is 4.39 Å². The van der Waals surface area contributed by atoms with E-state index in [1.807, 2.05) is 0 Å². The lowest BCUT2D eigenvalue weighted by atomic mass is 9.90. The molecule has 0 spiro atoms. The van der Waals surface area contributed by atoms with Crippen molar-refractivity contribution in [2.75, 3.05) is 6.54 Å². The van der Waals surface area contributed by atoms with Gasteiger partial charge in [0.25, 0.3) is 0 Å². The number of rotatable bonds is 4. The zero-order chi connectivity index (χ0) is 13.0. The van der Waals surface area contributed by atoms with Gasteiger partial charge in [-0.1, -0.05) is 34.5 Å². The van der Waals surface area contributed by atoms with Crippen molar-refractivity contribution >= 4 is 15.9 Å². The molecule has 0 fully saturated rings. The van der Waals surface area contributed by atoms with Gasteiger partial charge in [0.05, 0.1) is 6.04 Å². The van der Waals surface area contributed by atoms with E-state index in [1.165, 1.54) is 24.5 Å². The van der Waals surface area contributed by atoms with Crippen molar-refractivity contribution in [1.29, 1.82) is 0 Å². The summed E-state index contributed by atoms with van der Waals surface area (Å²) in [5.74, 6) is -0.174. The molecular weight excluding hydrogens is 293 g/mol. The predicted molar refractivity (Wildman–Crippen MR) is 77.1 cm³/mol. The molecule has 1 aliphatic rings. The molecular formula is C15H19BrFN. The predicted octanol–water partition coefficient (Wildman–Crippen LogP) is 4.74. The average molecular weight is 312 g/mol. The Bertz CT molecular complexity index is 442. The van der Waals surface area contributed by atoms with Gasteiger partial charge in [0.2, 0.25) is 0 Å². The summed E-state index contributed by atoms with van der Waals surface area (Å²) in [6.45, 7) is 2.97. The maximum atomic E-state index is 13.4. The van der Waals surface area contributed by atoms with Crippen molar-refractivity contribution in [3.05, 3.63) is 45.7 Å². The maximum absolute atomic E-state index is 13.4. The van der Waals surface area contributed by atoms with Crippen LogP contribution < -0.4 is 5.32 Å². The first-order valence-electron chi connectivity index (χ1n) is 6.59. The molecule has 2 rings (SSSR count). The van der Waals surface area contributed by atoms with Crippen molar-refractivity contribution in [3.8, 4) is 0 Å². The summed E-state index contributed by atoms with van der Waals surface area (Å²) in [5, 5.41) is 3.47. The summed E-state index contributed by atoms with van der Waals surface area (Å²) in [6.07, 6.45) is 7.08. The lowest BCUT2D eigenvalue weighted by Crippen LogP contribution is -2.24. The molecule has 1 aliphatic carbocycles. The minimum atomic E-state index is -0.174. The Balaban J connectivity index is 2.34. The molecule has 0 amide bonds. The van der Waals surface area contributed by atoms with E-state index in [0.29, 0.717) is 0 Å². The maximum Gasteiger partial charge on any atom is 0.123 e. The zero-order valence-corrected chi connectivity index (χ0v) is 12.3. The second-order valence-electron chi connectivity index (χ2n) is 4.68. The molecule has 0 aliphatic heterocycles. The Labute approximate surface area is 117 Å². The van der Waals surface area contributed by atoms with Gasteiger partial charge in [-0.15, -0.1) is 0 Å². The van der Waals surface area contributed by atoms with Gasteiger partial charge in [-0.2, -0.15) is 0 Å². The zero-order valence-electron chi connectivity index (χ0n) is 10.7. The number of benzene rings is 1. The number of allylic oxidation sites excluding steroid dienone is 1. The molecule has 18 heavy (non-hydrogen) atoms. The third-order valence-corrected chi connectivity index (χ3v) is 4.10. The standard InChI is InChI=1S/C15H19BrFN/c1-2-18-15(11-6-4-3-5-7-11)13-10-12(17)8-9-14(13)16/h6,8-10,15,18H,2-5,7H2,1H3. The highest BCUT2D eigenvalue weighted by atomic mass is 79.9. The van der Waals surface area contributed by atoms with Gasteiger partial charge in [0.15, 0.2) is 0 Å². The monoisotopic (exact) mass is 311 g/mol. The third-order valence-electron chi connectivity index (χ3n) is 3.37. The quantitative estimate of drug-likeness (QED) is 0.792. The van der Waals surface area contributed by atoms with Crippen molar-refractivity contribution in [3.63, 3.8) is 0 Å². The second-order valence-corrected chi connectivity index (χ2v) is 5.54. The molecule has 0 saturated carbocycles. The largest absolute Gasteiger partial charge is 0.307 e. The van der Waals surface area contributed by atoms with Gasteiger partial charge in [0, 0.05) is 4.47 Å². The number of nitrogens with one attached hydrogen (secondary N) is 1. The van der Waals surface area contributed by atoms with Crippen LogP contribution in [-0.2, 0) is 0 Å². The Hall–Kier alpha value is -0.670. The van der Waals surface area contributed by atoms with Crippen LogP contribution in [0.25, 0.3) is 0 Å². The molecule has 0 heterocycles. The van der Waals surface area contributed by atoms with Crippen molar-refractivity contribution in [1.82, 2.24) is 5.32 Å². The van der Waals surface area contributed by atoms with Crippen LogP contribution in [0.2, 0.25) is 0 Å². The second kappa shape index (κ2) is 6.48. The molecule has 0 saturated heterocycles. The van der Waals surface area contributed by atoms with Crippen molar-refractivity contribution < 1.29 is 4.39 Å². The first-order valence-corrected chi connectivity index (χ1v) is 7.39. The highest BCUT2D eigenvalue weighted by molar-refractivity contribution is 9.10. The Morgan fingerprint density at radius 3 is 2.89 bits per heavy atom. The molecule has 1 nitrogen and oxygen atoms in total. The fourth-order valence-electron chi connectivity index (χ4n) is 2.51. The molecule has 0 aromatic heterocycles. The number of hydrogen-bond donors (Lipinski definition) is 1. The summed E-state index contributed by atoms with van der Waals surface area (Å²) >= 11 is 3.53. The molecule has 1 unspecified atom stereocenters. The summed E-state index contributed by atoms with van der Waals surface area (Å²) < 4.78 is 14.4. The molecule has 1 aromatic carbocycles. The van der Waals surface area contributed by atoms with Crippen LogP contribution in [0.1, 0.15) is 44.2 Å². The summed E-state index contributed by atoms with van der Waals surface area (Å²) in [4.78, 5) is 0. The van der Waals surface area contributed by atoms with Gasteiger partial charge in [-0.25, -0.2) is 4.39 Å². The highest BCUT2D eigenvalue weighted by Gasteiger charge is 2.19. The molecule has 3 heteroatoms. The van der Waals surface area contributed by atoms with Crippen LogP contribution in [0.5, 0.6) is 0 Å². The van der Waals surface area contributed by atoms with Crippen LogP contribution >= 0.6 is 15.9 Å². The Morgan fingerprint density at radius 1 is 1.39 bits per heavy atom. The summed E-state index contributed by atoms with van der Waals surface area (Å²) in [7, 11) is 0. The van der Waals surface area contributed by atoms with E-state index in [-0.39, 0.29) is 11.9 Å². The van der Waals surface area contributed by atoms with Gasteiger partial charge in [-0.3, -0.25) is 0 Å². The van der Waals surface area contributed by atoms with Crippen LogP contribution in [0.3, 0.4) is 0 Å². The van der Waals surface area contributed by atoms with Crippen LogP contribution in [0.15, 0.2) is 34.3 Å². The highest BCUT2D eigenvalue weighted by Crippen LogP contribution is 2.33. The van der Waals surface area contributed by atoms with E-state index in [0.717, 1.165) is 29.4 Å². The van der Waals surface area contributed by atoms with Gasteiger partial charge in [0.1, 0.15) is 5.82 Å². The van der Waals surface area contributed by atoms with E-state index in [2.05, 4.69) is 34.2 Å². The molecule has 98 valence electrons. The molecule has 1 atom stereocenters. The average Bonchev–Trinajstić information content (AvgIpc) is 2.40. The van der Waals surface area contributed by atoms with E-state index >= 15 is 0 Å². The van der Waals surface area contributed by atoms with Gasteiger partial charge >= 0.3 is 0 Å². The first kappa shape index (κ1) is 13.8. The first-order chi connectivity index (χ1) is 8.72. The van der Waals surface area contributed by atoms with Crippen molar-refractivity contribution in [2.24, 2.45) is 0 Å². The van der Waals surface area contributed by atoms with E-state index in [9.17, 15) is 4.39 Å².